The molecule has 0 fully saturated rings. The normalized spacial score (nSPS) is 15.0. The Kier molecular flexibility index (Phi) is 4.94. The second-order valence-corrected chi connectivity index (χ2v) is 8.36. The Hall–Kier alpha value is -2.02. The summed E-state index contributed by atoms with van der Waals surface area (Å²) in [6.07, 6.45) is 0. The molecule has 1 aromatic rings. The molecule has 10 nitrogen and oxygen atoms in total. The van der Waals surface area contributed by atoms with E-state index in [1.54, 1.807) is 0 Å². The third kappa shape index (κ3) is 4.29. The van der Waals surface area contributed by atoms with Crippen molar-refractivity contribution in [3.63, 3.8) is 0 Å². The number of sulfone groups is 1. The fourth-order valence-corrected chi connectivity index (χ4v) is 3.51. The molecule has 12 heteroatoms. The van der Waals surface area contributed by atoms with E-state index in [0.29, 0.717) is 5.69 Å². The Morgan fingerprint density at radius 3 is 2.29 bits per heavy atom. The maximum absolute atomic E-state index is 12.1. The molecule has 0 atom stereocenters. The molecule has 2 rings (SSSR count). The number of amides is 2. The van der Waals surface area contributed by atoms with Crippen LogP contribution in [-0.2, 0) is 24.4 Å². The maximum atomic E-state index is 12.1. The molecule has 0 unspecified atom stereocenters. The molecule has 0 aliphatic carbocycles. The van der Waals surface area contributed by atoms with Gasteiger partial charge in [-0.25, -0.2) is 12.6 Å². The second-order valence-electron chi connectivity index (χ2n) is 4.97. The van der Waals surface area contributed by atoms with Crippen LogP contribution in [0.2, 0.25) is 0 Å². The molecule has 1 aromatic carbocycles. The van der Waals surface area contributed by atoms with Crippen molar-refractivity contribution in [3.05, 3.63) is 29.3 Å². The summed E-state index contributed by atoms with van der Waals surface area (Å²) in [5.41, 5.74) is 6.10. The number of anilines is 1. The van der Waals surface area contributed by atoms with Crippen molar-refractivity contribution in [2.45, 2.75) is 0 Å². The van der Waals surface area contributed by atoms with Gasteiger partial charge in [0.2, 0.25) is 0 Å². The number of nitrogens with two attached hydrogens (primary N) is 1. The zero-order valence-electron chi connectivity index (χ0n) is 12.2. The molecule has 0 radical (unpaired) electrons. The third-order valence-corrected chi connectivity index (χ3v) is 5.31. The molecule has 2 amide bonds. The summed E-state index contributed by atoms with van der Waals surface area (Å²) < 4.78 is 56.6. The van der Waals surface area contributed by atoms with Crippen LogP contribution < -0.4 is 5.73 Å². The van der Waals surface area contributed by atoms with Crippen LogP contribution in [0.3, 0.4) is 0 Å². The first kappa shape index (κ1) is 18.3. The van der Waals surface area contributed by atoms with Crippen molar-refractivity contribution in [2.24, 2.45) is 0 Å². The summed E-state index contributed by atoms with van der Waals surface area (Å²) in [5.74, 6) is -2.53. The molecule has 24 heavy (non-hydrogen) atoms. The summed E-state index contributed by atoms with van der Waals surface area (Å²) in [6.45, 7) is -1.15. The number of nitrogens with zero attached hydrogens (tertiary/aromatic N) is 1. The lowest BCUT2D eigenvalue weighted by Crippen LogP contribution is -2.35. The summed E-state index contributed by atoms with van der Waals surface area (Å²) >= 11 is 0. The summed E-state index contributed by atoms with van der Waals surface area (Å²) in [6, 6.07) is 4.18. The van der Waals surface area contributed by atoms with Crippen LogP contribution in [0, 0.1) is 0 Å². The number of carbonyl (C=O) groups is 2. The monoisotopic (exact) mass is 378 g/mol. The quantitative estimate of drug-likeness (QED) is 0.348. The van der Waals surface area contributed by atoms with Crippen molar-refractivity contribution < 1.29 is 35.2 Å². The fourth-order valence-electron chi connectivity index (χ4n) is 2.11. The zero-order chi connectivity index (χ0) is 18.1. The highest BCUT2D eigenvalue weighted by Crippen LogP contribution is 2.24. The van der Waals surface area contributed by atoms with Gasteiger partial charge < -0.3 is 5.73 Å². The number of hydrogen-bond donors (Lipinski definition) is 2. The Labute approximate surface area is 138 Å². The first-order valence-electron chi connectivity index (χ1n) is 6.58. The Bertz CT molecular complexity index is 892. The fraction of sp³-hybridized carbons (Fsp3) is 0.333. The van der Waals surface area contributed by atoms with Crippen LogP contribution in [0.4, 0.5) is 5.69 Å². The number of hydrogen-bond acceptors (Lipinski definition) is 8. The van der Waals surface area contributed by atoms with E-state index in [1.807, 2.05) is 0 Å². The van der Waals surface area contributed by atoms with E-state index in [2.05, 4.69) is 4.18 Å². The van der Waals surface area contributed by atoms with E-state index in [4.69, 9.17) is 10.3 Å². The highest BCUT2D eigenvalue weighted by molar-refractivity contribution is 7.91. The largest absolute Gasteiger partial charge is 0.399 e. The minimum Gasteiger partial charge on any atom is -0.399 e. The first-order valence-corrected chi connectivity index (χ1v) is 9.77. The van der Waals surface area contributed by atoms with Gasteiger partial charge in [0.05, 0.1) is 29.2 Å². The van der Waals surface area contributed by atoms with Gasteiger partial charge in [0.25, 0.3) is 11.8 Å². The molecule has 0 saturated carbocycles. The topological polar surface area (TPSA) is 161 Å². The van der Waals surface area contributed by atoms with Gasteiger partial charge in [-0.3, -0.25) is 19.0 Å². The molecule has 0 aromatic heterocycles. The highest BCUT2D eigenvalue weighted by Gasteiger charge is 2.36. The lowest BCUT2D eigenvalue weighted by molar-refractivity contribution is 0.0664. The molecule has 3 N–H and O–H groups in total. The van der Waals surface area contributed by atoms with Gasteiger partial charge in [-0.05, 0) is 18.2 Å². The van der Waals surface area contributed by atoms with Crippen LogP contribution in [0.25, 0.3) is 0 Å². The van der Waals surface area contributed by atoms with Gasteiger partial charge in [-0.2, -0.15) is 8.42 Å². The molecule has 1 aliphatic rings. The predicted octanol–water partition coefficient (Wildman–Crippen LogP) is -0.901. The van der Waals surface area contributed by atoms with Crippen molar-refractivity contribution in [3.8, 4) is 0 Å². The highest BCUT2D eigenvalue weighted by atomic mass is 32.3. The SMILES string of the molecule is Nc1ccc2c(c1)C(=O)N(CCS(=O)(=O)CCOS(=O)(=O)O)C2=O. The van der Waals surface area contributed by atoms with Gasteiger partial charge >= 0.3 is 10.4 Å². The predicted molar refractivity (Wildman–Crippen MR) is 82.4 cm³/mol. The van der Waals surface area contributed by atoms with E-state index in [-0.39, 0.29) is 17.7 Å². The molecule has 0 spiro atoms. The van der Waals surface area contributed by atoms with Crippen molar-refractivity contribution in [1.29, 1.82) is 0 Å². The number of fused-ring (bicyclic) bond motifs is 1. The Balaban J connectivity index is 2.00. The molecule has 1 heterocycles. The minimum atomic E-state index is -4.73. The van der Waals surface area contributed by atoms with Gasteiger partial charge in [0.1, 0.15) is 0 Å². The van der Waals surface area contributed by atoms with E-state index in [1.165, 1.54) is 18.2 Å². The standard InChI is InChI=1S/C12H14N2O8S2/c13-8-1-2-9-10(7-8)12(16)14(11(9)15)3-5-23(17,18)6-4-22-24(19,20)21/h1-2,7H,3-6,13H2,(H,19,20,21). The average molecular weight is 378 g/mol. The molecular formula is C12H14N2O8S2. The van der Waals surface area contributed by atoms with Crippen molar-refractivity contribution in [2.75, 3.05) is 30.4 Å². The van der Waals surface area contributed by atoms with Crippen molar-refractivity contribution in [1.82, 2.24) is 4.90 Å². The lowest BCUT2D eigenvalue weighted by Gasteiger charge is -2.13. The van der Waals surface area contributed by atoms with Crippen LogP contribution in [0.15, 0.2) is 18.2 Å². The van der Waals surface area contributed by atoms with Crippen LogP contribution in [-0.4, -0.2) is 62.8 Å². The molecule has 0 bridgehead atoms. The van der Waals surface area contributed by atoms with E-state index in [0.717, 1.165) is 4.90 Å². The first-order chi connectivity index (χ1) is 11.0. The van der Waals surface area contributed by atoms with E-state index >= 15 is 0 Å². The Morgan fingerprint density at radius 2 is 1.67 bits per heavy atom. The number of nitrogen functional groups attached to an aromatic ring is 1. The second kappa shape index (κ2) is 6.47. The number of benzene rings is 1. The zero-order valence-corrected chi connectivity index (χ0v) is 13.8. The lowest BCUT2D eigenvalue weighted by atomic mass is 10.1. The Morgan fingerprint density at radius 1 is 1.04 bits per heavy atom. The number of carbonyl (C=O) groups excluding carboxylic acids is 2. The van der Waals surface area contributed by atoms with E-state index in [9.17, 15) is 26.4 Å². The maximum Gasteiger partial charge on any atom is 0.397 e. The smallest absolute Gasteiger partial charge is 0.397 e. The van der Waals surface area contributed by atoms with Crippen molar-refractivity contribution >= 4 is 37.7 Å². The average Bonchev–Trinajstić information content (AvgIpc) is 2.67. The van der Waals surface area contributed by atoms with Gasteiger partial charge in [-0.15, -0.1) is 0 Å². The summed E-state index contributed by atoms with van der Waals surface area (Å²) in [5, 5.41) is 0. The van der Waals surface area contributed by atoms with Gasteiger partial charge in [0.15, 0.2) is 9.84 Å². The molecule has 0 saturated heterocycles. The molecule has 1 aliphatic heterocycles. The number of imide groups is 1. The summed E-state index contributed by atoms with van der Waals surface area (Å²) in [4.78, 5) is 25.0. The number of rotatable bonds is 7. The summed E-state index contributed by atoms with van der Waals surface area (Å²) in [7, 11) is -8.54. The van der Waals surface area contributed by atoms with E-state index < -0.39 is 50.2 Å². The van der Waals surface area contributed by atoms with Gasteiger partial charge in [-0.1, -0.05) is 0 Å². The van der Waals surface area contributed by atoms with Crippen LogP contribution in [0.5, 0.6) is 0 Å². The van der Waals surface area contributed by atoms with Crippen LogP contribution >= 0.6 is 0 Å². The molecule has 132 valence electrons. The minimum absolute atomic E-state index is 0.104. The molecular weight excluding hydrogens is 364 g/mol. The third-order valence-electron chi connectivity index (χ3n) is 3.25. The van der Waals surface area contributed by atoms with Gasteiger partial charge in [0, 0.05) is 12.2 Å². The van der Waals surface area contributed by atoms with Crippen LogP contribution in [0.1, 0.15) is 20.7 Å².